The van der Waals surface area contributed by atoms with Crippen molar-refractivity contribution in [3.63, 3.8) is 0 Å². The van der Waals surface area contributed by atoms with Crippen molar-refractivity contribution in [1.82, 2.24) is 0 Å². The molecule has 2 aliphatic rings. The van der Waals surface area contributed by atoms with Gasteiger partial charge in [0.1, 0.15) is 0 Å². The molecule has 27 heavy (non-hydrogen) atoms. The molecule has 0 heterocycles. The Morgan fingerprint density at radius 2 is 1.11 bits per heavy atom. The first-order valence-electron chi connectivity index (χ1n) is 11.5. The summed E-state index contributed by atoms with van der Waals surface area (Å²) < 4.78 is 0. The van der Waals surface area contributed by atoms with E-state index < -0.39 is 0 Å². The number of fused-ring (bicyclic) bond motifs is 1. The topological polar surface area (TPSA) is 0 Å². The molecule has 0 aliphatic heterocycles. The van der Waals surface area contributed by atoms with Crippen molar-refractivity contribution >= 4 is 0 Å². The first-order chi connectivity index (χ1) is 13.4. The van der Waals surface area contributed by atoms with Crippen molar-refractivity contribution in [3.05, 3.63) is 71.3 Å². The average molecular weight is 365 g/mol. The van der Waals surface area contributed by atoms with Crippen molar-refractivity contribution in [2.45, 2.75) is 85.0 Å². The van der Waals surface area contributed by atoms with Crippen LogP contribution in [0.1, 0.15) is 88.8 Å². The fraction of sp³-hybridized carbons (Fsp3) is 0.556. The lowest BCUT2D eigenvalue weighted by Crippen LogP contribution is -2.12. The van der Waals surface area contributed by atoms with Gasteiger partial charge in [0.2, 0.25) is 0 Å². The van der Waals surface area contributed by atoms with Gasteiger partial charge in [0.05, 0.1) is 0 Å². The highest BCUT2D eigenvalue weighted by atomic mass is 14.4. The molecule has 2 aromatic carbocycles. The van der Waals surface area contributed by atoms with Crippen LogP contribution in [0.4, 0.5) is 0 Å². The largest absolute Gasteiger partial charge is 0.0683 e. The molecule has 0 saturated heterocycles. The Bertz CT molecular complexity index is 596. The lowest BCUT2D eigenvalue weighted by atomic mass is 9.82. The van der Waals surface area contributed by atoms with Crippen LogP contribution in [-0.2, 0) is 12.8 Å². The second-order valence-electron chi connectivity index (χ2n) is 7.70. The van der Waals surface area contributed by atoms with E-state index >= 15 is 0 Å². The van der Waals surface area contributed by atoms with Crippen LogP contribution in [0.5, 0.6) is 0 Å². The molecule has 0 bridgehead atoms. The Morgan fingerprint density at radius 1 is 0.630 bits per heavy atom. The maximum atomic E-state index is 2.42. The zero-order valence-electron chi connectivity index (χ0n) is 18.1. The monoisotopic (exact) mass is 364 g/mol. The van der Waals surface area contributed by atoms with Gasteiger partial charge < -0.3 is 0 Å². The molecule has 2 atom stereocenters. The summed E-state index contributed by atoms with van der Waals surface area (Å²) in [7, 11) is 0. The van der Waals surface area contributed by atoms with E-state index in [-0.39, 0.29) is 0 Å². The Morgan fingerprint density at radius 3 is 1.63 bits per heavy atom. The molecule has 2 fully saturated rings. The summed E-state index contributed by atoms with van der Waals surface area (Å²) in [6.07, 6.45) is 11.2. The summed E-state index contributed by atoms with van der Waals surface area (Å²) in [5.74, 6) is 2.91. The number of benzene rings is 2. The zero-order chi connectivity index (χ0) is 19.5. The summed E-state index contributed by atoms with van der Waals surface area (Å²) in [6.45, 7) is 8.00. The van der Waals surface area contributed by atoms with Crippen molar-refractivity contribution in [2.24, 2.45) is 11.8 Å². The van der Waals surface area contributed by atoms with Gasteiger partial charge in [-0.05, 0) is 60.1 Å². The Labute approximate surface area is 168 Å². The molecular weight excluding hydrogens is 324 g/mol. The van der Waals surface area contributed by atoms with Crippen molar-refractivity contribution < 1.29 is 0 Å². The number of rotatable bonds is 4. The normalized spacial score (nSPS) is 23.3. The maximum Gasteiger partial charge on any atom is -0.0156 e. The minimum atomic E-state index is 0.839. The summed E-state index contributed by atoms with van der Waals surface area (Å²) in [5.41, 5.74) is 4.52. The molecule has 2 unspecified atom stereocenters. The second kappa shape index (κ2) is 12.0. The van der Waals surface area contributed by atoms with Crippen molar-refractivity contribution in [1.29, 1.82) is 0 Å². The highest BCUT2D eigenvalue weighted by Crippen LogP contribution is 2.48. The first-order valence-corrected chi connectivity index (χ1v) is 11.5. The average Bonchev–Trinajstić information content (AvgIpc) is 3.20. The van der Waals surface area contributed by atoms with Crippen molar-refractivity contribution in [3.8, 4) is 0 Å². The van der Waals surface area contributed by atoms with E-state index in [2.05, 4.69) is 54.6 Å². The fourth-order valence-corrected chi connectivity index (χ4v) is 4.89. The zero-order valence-corrected chi connectivity index (χ0v) is 18.1. The predicted octanol–water partition coefficient (Wildman–Crippen LogP) is 8.21. The minimum absolute atomic E-state index is 0.839. The van der Waals surface area contributed by atoms with E-state index in [4.69, 9.17) is 0 Å². The van der Waals surface area contributed by atoms with Crippen LogP contribution in [0.2, 0.25) is 0 Å². The standard InChI is InChI=1S/C23H28.2C2H6/c1-2-6-18(7-3-1)10-11-19-12-14-20(15-13-19)23-16-21-8-4-5-9-22(21)17-23;2*1-2/h1-3,6-7,12-15,21-23H,4-5,8-11,16-17H2;2*1-2H3. The van der Waals surface area contributed by atoms with Crippen LogP contribution in [0.3, 0.4) is 0 Å². The highest BCUT2D eigenvalue weighted by Gasteiger charge is 2.35. The molecule has 0 nitrogen and oxygen atoms in total. The molecular formula is C27H40. The van der Waals surface area contributed by atoms with E-state index in [1.165, 1.54) is 49.7 Å². The molecule has 2 aliphatic carbocycles. The Kier molecular flexibility index (Phi) is 9.67. The lowest BCUT2D eigenvalue weighted by Gasteiger charge is -2.24. The van der Waals surface area contributed by atoms with E-state index in [1.807, 2.05) is 27.7 Å². The molecule has 0 heteroatoms. The highest BCUT2D eigenvalue weighted by molar-refractivity contribution is 5.27. The third-order valence-corrected chi connectivity index (χ3v) is 6.24. The molecule has 0 amide bonds. The van der Waals surface area contributed by atoms with Crippen molar-refractivity contribution in [2.75, 3.05) is 0 Å². The molecule has 0 radical (unpaired) electrons. The predicted molar refractivity (Wildman–Crippen MR) is 120 cm³/mol. The molecule has 0 aromatic heterocycles. The molecule has 4 rings (SSSR count). The SMILES string of the molecule is CC.CC.c1ccc(CCc2ccc(C3CC4CCCCC4C3)cc2)cc1. The van der Waals surface area contributed by atoms with Gasteiger partial charge in [0.25, 0.3) is 0 Å². The lowest BCUT2D eigenvalue weighted by molar-refractivity contribution is 0.277. The molecule has 0 spiro atoms. The van der Waals surface area contributed by atoms with Gasteiger partial charge in [-0.2, -0.15) is 0 Å². The summed E-state index contributed by atoms with van der Waals surface area (Å²) in [4.78, 5) is 0. The van der Waals surface area contributed by atoms with Gasteiger partial charge in [-0.25, -0.2) is 0 Å². The third-order valence-electron chi connectivity index (χ3n) is 6.24. The molecule has 0 N–H and O–H groups in total. The first kappa shape index (κ1) is 21.7. The van der Waals surface area contributed by atoms with Gasteiger partial charge in [-0.3, -0.25) is 0 Å². The number of hydrogen-bond donors (Lipinski definition) is 0. The van der Waals surface area contributed by atoms with Gasteiger partial charge in [0.15, 0.2) is 0 Å². The summed E-state index contributed by atoms with van der Waals surface area (Å²) in [5, 5.41) is 0. The van der Waals surface area contributed by atoms with Crippen LogP contribution in [-0.4, -0.2) is 0 Å². The maximum absolute atomic E-state index is 2.42. The van der Waals surface area contributed by atoms with E-state index in [9.17, 15) is 0 Å². The summed E-state index contributed by atoms with van der Waals surface area (Å²) >= 11 is 0. The molecule has 2 saturated carbocycles. The van der Waals surface area contributed by atoms with Crippen LogP contribution < -0.4 is 0 Å². The minimum Gasteiger partial charge on any atom is -0.0683 e. The van der Waals surface area contributed by atoms with Gasteiger partial charge >= 0.3 is 0 Å². The third kappa shape index (κ3) is 6.23. The van der Waals surface area contributed by atoms with Gasteiger partial charge in [-0.15, -0.1) is 0 Å². The van der Waals surface area contributed by atoms with Gasteiger partial charge in [0, 0.05) is 0 Å². The Hall–Kier alpha value is -1.56. The van der Waals surface area contributed by atoms with E-state index in [0.29, 0.717) is 0 Å². The van der Waals surface area contributed by atoms with Gasteiger partial charge in [-0.1, -0.05) is 108 Å². The molecule has 148 valence electrons. The smallest absolute Gasteiger partial charge is 0.0156 e. The van der Waals surface area contributed by atoms with Crippen LogP contribution in [0.15, 0.2) is 54.6 Å². The number of aryl methyl sites for hydroxylation is 2. The van der Waals surface area contributed by atoms with Crippen LogP contribution >= 0.6 is 0 Å². The second-order valence-corrected chi connectivity index (χ2v) is 7.70. The van der Waals surface area contributed by atoms with Crippen LogP contribution in [0, 0.1) is 11.8 Å². The Balaban J connectivity index is 0.000000614. The molecule has 2 aromatic rings. The quantitative estimate of drug-likeness (QED) is 0.512. The van der Waals surface area contributed by atoms with E-state index in [0.717, 1.165) is 30.6 Å². The van der Waals surface area contributed by atoms with Crippen LogP contribution in [0.25, 0.3) is 0 Å². The summed E-state index contributed by atoms with van der Waals surface area (Å²) in [6, 6.07) is 20.4. The van der Waals surface area contributed by atoms with E-state index in [1.54, 1.807) is 5.56 Å². The number of hydrogen-bond acceptors (Lipinski definition) is 0. The fourth-order valence-electron chi connectivity index (χ4n) is 4.89.